The molecule has 0 amide bonds. The van der Waals surface area contributed by atoms with Gasteiger partial charge in [0.2, 0.25) is 11.9 Å². The van der Waals surface area contributed by atoms with Gasteiger partial charge in [-0.05, 0) is 63.0 Å². The average molecular weight is 584 g/mol. The Kier molecular flexibility index (Phi) is 8.74. The van der Waals surface area contributed by atoms with E-state index in [-0.39, 0.29) is 0 Å². The third-order valence-electron chi connectivity index (χ3n) is 8.58. The van der Waals surface area contributed by atoms with Crippen LogP contribution in [0.5, 0.6) is 0 Å². The number of anilines is 3. The number of fused-ring (bicyclic) bond motifs is 3. The van der Waals surface area contributed by atoms with Gasteiger partial charge in [-0.15, -0.1) is 11.3 Å². The van der Waals surface area contributed by atoms with Crippen LogP contribution in [0.25, 0.3) is 10.2 Å². The van der Waals surface area contributed by atoms with Gasteiger partial charge in [0, 0.05) is 57.1 Å². The molecule has 3 aromatic heterocycles. The smallest absolute Gasteiger partial charge is 0.232 e. The molecule has 3 aromatic rings. The van der Waals surface area contributed by atoms with Crippen molar-refractivity contribution in [3.8, 4) is 0 Å². The van der Waals surface area contributed by atoms with Gasteiger partial charge in [0.05, 0.1) is 18.6 Å². The van der Waals surface area contributed by atoms with Gasteiger partial charge in [0.25, 0.3) is 0 Å². The van der Waals surface area contributed by atoms with Gasteiger partial charge < -0.3 is 14.8 Å². The predicted octanol–water partition coefficient (Wildman–Crippen LogP) is 5.88. The molecule has 1 saturated carbocycles. The first-order valence-electron chi connectivity index (χ1n) is 15.2. The van der Waals surface area contributed by atoms with E-state index in [0.29, 0.717) is 30.7 Å². The molecule has 40 heavy (non-hydrogen) atoms. The van der Waals surface area contributed by atoms with Gasteiger partial charge in [-0.25, -0.2) is 9.97 Å². The lowest BCUT2D eigenvalue weighted by molar-refractivity contribution is 0.00791. The van der Waals surface area contributed by atoms with E-state index >= 15 is 0 Å². The van der Waals surface area contributed by atoms with Crippen LogP contribution in [0.3, 0.4) is 0 Å². The molecular formula is C29H45N7O2SSi. The van der Waals surface area contributed by atoms with Crippen LogP contribution in [0.4, 0.5) is 17.7 Å². The van der Waals surface area contributed by atoms with Crippen LogP contribution in [0.1, 0.15) is 49.0 Å². The van der Waals surface area contributed by atoms with Crippen molar-refractivity contribution in [1.82, 2.24) is 24.4 Å². The first-order chi connectivity index (χ1) is 19.4. The van der Waals surface area contributed by atoms with Crippen LogP contribution in [-0.2, 0) is 29.0 Å². The van der Waals surface area contributed by atoms with E-state index < -0.39 is 8.07 Å². The van der Waals surface area contributed by atoms with Crippen molar-refractivity contribution in [2.75, 3.05) is 43.5 Å². The summed E-state index contributed by atoms with van der Waals surface area (Å²) >= 11 is 1.85. The first-order valence-corrected chi connectivity index (χ1v) is 19.7. The van der Waals surface area contributed by atoms with Crippen molar-refractivity contribution >= 4 is 47.3 Å². The van der Waals surface area contributed by atoms with E-state index in [4.69, 9.17) is 19.4 Å². The molecule has 1 saturated heterocycles. The Balaban J connectivity index is 1.18. The molecule has 0 spiro atoms. The molecule has 0 bridgehead atoms. The lowest BCUT2D eigenvalue weighted by atomic mass is 9.89. The van der Waals surface area contributed by atoms with Gasteiger partial charge in [-0.3, -0.25) is 14.8 Å². The number of imidazole rings is 1. The SMILES string of the molecule is C[Si](C)(C)CCOCn1ccnc1Nc1nc(NC2CCC(N3CCOCC3)CC2)c2c3c(sc2n1)CCCC3. The fraction of sp³-hybridized carbons (Fsp3) is 0.690. The quantitative estimate of drug-likeness (QED) is 0.226. The molecule has 11 heteroatoms. The Bertz CT molecular complexity index is 1280. The van der Waals surface area contributed by atoms with Crippen molar-refractivity contribution in [2.24, 2.45) is 0 Å². The number of thiophene rings is 1. The van der Waals surface area contributed by atoms with Crippen molar-refractivity contribution in [1.29, 1.82) is 0 Å². The monoisotopic (exact) mass is 583 g/mol. The summed E-state index contributed by atoms with van der Waals surface area (Å²) in [5.41, 5.74) is 1.47. The van der Waals surface area contributed by atoms with Gasteiger partial charge in [-0.2, -0.15) is 4.98 Å². The third-order valence-corrected chi connectivity index (χ3v) is 11.5. The van der Waals surface area contributed by atoms with Crippen LogP contribution >= 0.6 is 11.3 Å². The zero-order valence-electron chi connectivity index (χ0n) is 24.4. The highest BCUT2D eigenvalue weighted by molar-refractivity contribution is 7.19. The molecule has 9 nitrogen and oxygen atoms in total. The second kappa shape index (κ2) is 12.4. The number of aromatic nitrogens is 4. The normalized spacial score (nSPS) is 22.4. The summed E-state index contributed by atoms with van der Waals surface area (Å²) < 4.78 is 13.6. The lowest BCUT2D eigenvalue weighted by Crippen LogP contribution is -2.46. The molecular weight excluding hydrogens is 539 g/mol. The Morgan fingerprint density at radius 3 is 2.67 bits per heavy atom. The minimum atomic E-state index is -1.12. The molecule has 3 aliphatic rings. The van der Waals surface area contributed by atoms with Crippen LogP contribution in [0.15, 0.2) is 12.4 Å². The number of nitrogens with one attached hydrogen (secondary N) is 2. The van der Waals surface area contributed by atoms with E-state index in [0.717, 1.165) is 62.4 Å². The maximum absolute atomic E-state index is 5.99. The molecule has 2 N–H and O–H groups in total. The molecule has 218 valence electrons. The second-order valence-corrected chi connectivity index (χ2v) is 19.5. The van der Waals surface area contributed by atoms with Crippen molar-refractivity contribution in [3.63, 3.8) is 0 Å². The third kappa shape index (κ3) is 6.70. The summed E-state index contributed by atoms with van der Waals surface area (Å²) in [6.07, 6.45) is 13.3. The molecule has 1 aliphatic heterocycles. The molecule has 4 heterocycles. The summed E-state index contributed by atoms with van der Waals surface area (Å²) in [4.78, 5) is 19.8. The van der Waals surface area contributed by atoms with Gasteiger partial charge >= 0.3 is 0 Å². The highest BCUT2D eigenvalue weighted by Gasteiger charge is 2.29. The Morgan fingerprint density at radius 2 is 1.88 bits per heavy atom. The minimum absolute atomic E-state index is 0.434. The van der Waals surface area contributed by atoms with Gasteiger partial charge in [0.15, 0.2) is 0 Å². The summed E-state index contributed by atoms with van der Waals surface area (Å²) in [6.45, 7) is 12.3. The van der Waals surface area contributed by atoms with E-state index in [2.05, 4.69) is 40.2 Å². The van der Waals surface area contributed by atoms with Gasteiger partial charge in [-0.1, -0.05) is 19.6 Å². The highest BCUT2D eigenvalue weighted by Crippen LogP contribution is 2.40. The Labute approximate surface area is 243 Å². The fourth-order valence-electron chi connectivity index (χ4n) is 6.22. The summed E-state index contributed by atoms with van der Waals surface area (Å²) in [5.74, 6) is 2.31. The van der Waals surface area contributed by atoms with Crippen LogP contribution in [0, 0.1) is 0 Å². The second-order valence-electron chi connectivity index (χ2n) is 12.8. The maximum atomic E-state index is 5.99. The lowest BCUT2D eigenvalue weighted by Gasteiger charge is -2.39. The van der Waals surface area contributed by atoms with Crippen LogP contribution in [-0.4, -0.2) is 77.5 Å². The van der Waals surface area contributed by atoms with E-state index in [1.807, 2.05) is 22.1 Å². The number of ether oxygens (including phenoxy) is 2. The number of morpholine rings is 1. The van der Waals surface area contributed by atoms with E-state index in [9.17, 15) is 0 Å². The van der Waals surface area contributed by atoms with Crippen molar-refractivity contribution in [2.45, 2.75) is 95.9 Å². The molecule has 0 atom stereocenters. The fourth-order valence-corrected chi connectivity index (χ4v) is 8.24. The van der Waals surface area contributed by atoms with E-state index in [1.54, 1.807) is 6.20 Å². The number of nitrogens with zero attached hydrogens (tertiary/aromatic N) is 5. The van der Waals surface area contributed by atoms with Crippen molar-refractivity contribution < 1.29 is 9.47 Å². The highest BCUT2D eigenvalue weighted by atomic mass is 32.1. The Morgan fingerprint density at radius 1 is 1.07 bits per heavy atom. The van der Waals surface area contributed by atoms with Gasteiger partial charge in [0.1, 0.15) is 17.4 Å². The maximum Gasteiger partial charge on any atom is 0.232 e. The largest absolute Gasteiger partial charge is 0.379 e. The number of rotatable bonds is 10. The topological polar surface area (TPSA) is 89.4 Å². The summed E-state index contributed by atoms with van der Waals surface area (Å²) in [5, 5.41) is 8.56. The van der Waals surface area contributed by atoms with Crippen LogP contribution < -0.4 is 10.6 Å². The molecule has 0 unspecified atom stereocenters. The first kappa shape index (κ1) is 28.1. The molecule has 2 fully saturated rings. The standard InChI is InChI=1S/C29H45N7O2SSi/c1-40(2,3)19-18-38-20-36-13-12-30-29(36)34-28-32-26(25-23-6-4-5-7-24(23)39-27(25)33-28)31-21-8-10-22(11-9-21)35-14-16-37-17-15-35/h12-13,21-22H,4-11,14-20H2,1-3H3,(H2,30,31,32,33,34). The molecule has 6 rings (SSSR count). The van der Waals surface area contributed by atoms with Crippen LogP contribution in [0.2, 0.25) is 25.7 Å². The number of hydrogen-bond acceptors (Lipinski definition) is 9. The molecule has 2 aliphatic carbocycles. The van der Waals surface area contributed by atoms with Crippen molar-refractivity contribution in [3.05, 3.63) is 22.8 Å². The summed E-state index contributed by atoms with van der Waals surface area (Å²) in [6, 6.07) is 2.27. The number of aryl methyl sites for hydroxylation is 2. The zero-order valence-corrected chi connectivity index (χ0v) is 26.2. The summed E-state index contributed by atoms with van der Waals surface area (Å²) in [7, 11) is -1.12. The average Bonchev–Trinajstić information content (AvgIpc) is 3.55. The predicted molar refractivity (Wildman–Crippen MR) is 166 cm³/mol. The molecule has 0 aromatic carbocycles. The molecule has 0 radical (unpaired) electrons. The minimum Gasteiger partial charge on any atom is -0.379 e. The van der Waals surface area contributed by atoms with E-state index in [1.165, 1.54) is 54.4 Å². The zero-order chi connectivity index (χ0) is 27.5. The Hall–Kier alpha value is -2.05. The number of hydrogen-bond donors (Lipinski definition) is 2.